The lowest BCUT2D eigenvalue weighted by Gasteiger charge is -2.22. The first kappa shape index (κ1) is 23.3. The van der Waals surface area contributed by atoms with Crippen LogP contribution in [0.15, 0.2) is 77.7 Å². The lowest BCUT2D eigenvalue weighted by atomic mass is 10.1. The Morgan fingerprint density at radius 2 is 1.58 bits per heavy atom. The summed E-state index contributed by atoms with van der Waals surface area (Å²) in [6.45, 7) is 1.66. The van der Waals surface area contributed by atoms with Gasteiger partial charge >= 0.3 is 0 Å². The fourth-order valence-electron chi connectivity index (χ4n) is 3.02. The van der Waals surface area contributed by atoms with Crippen LogP contribution in [-0.2, 0) is 21.2 Å². The van der Waals surface area contributed by atoms with Gasteiger partial charge in [-0.05, 0) is 60.9 Å². The molecule has 0 aliphatic heterocycles. The molecule has 0 atom stereocenters. The van der Waals surface area contributed by atoms with E-state index in [4.69, 9.17) is 23.2 Å². The van der Waals surface area contributed by atoms with Gasteiger partial charge in [-0.25, -0.2) is 8.42 Å². The number of anilines is 1. The number of nitrogens with zero attached hydrogens (tertiary/aromatic N) is 1. The van der Waals surface area contributed by atoms with Gasteiger partial charge in [0, 0.05) is 22.3 Å². The highest BCUT2D eigenvalue weighted by molar-refractivity contribution is 7.89. The van der Waals surface area contributed by atoms with Crippen molar-refractivity contribution in [3.63, 3.8) is 0 Å². The third kappa shape index (κ3) is 6.31. The largest absolute Gasteiger partial charge is 0.325 e. The zero-order chi connectivity index (χ0) is 22.4. The van der Waals surface area contributed by atoms with Crippen molar-refractivity contribution in [3.05, 3.63) is 94.0 Å². The Morgan fingerprint density at radius 1 is 0.935 bits per heavy atom. The van der Waals surface area contributed by atoms with Crippen molar-refractivity contribution < 1.29 is 13.2 Å². The number of benzene rings is 3. The van der Waals surface area contributed by atoms with Gasteiger partial charge in [0.15, 0.2) is 0 Å². The fourth-order valence-corrected chi connectivity index (χ4v) is 4.71. The summed E-state index contributed by atoms with van der Waals surface area (Å²) in [7, 11) is -3.91. The lowest BCUT2D eigenvalue weighted by molar-refractivity contribution is -0.116. The first-order chi connectivity index (χ1) is 14.8. The standard InChI is InChI=1S/C23H22Cl2N2O3S/c1-17-7-8-20(25)15-22(17)26-23(28)16-27(14-13-18-5-3-2-4-6-18)31(29,30)21-11-9-19(24)10-12-21/h2-12,15H,13-14,16H2,1H3,(H,26,28). The Balaban J connectivity index is 1.83. The van der Waals surface area contributed by atoms with Crippen LogP contribution in [0.3, 0.4) is 0 Å². The molecule has 1 N–H and O–H groups in total. The maximum absolute atomic E-state index is 13.3. The average molecular weight is 477 g/mol. The molecule has 0 saturated heterocycles. The van der Waals surface area contributed by atoms with E-state index in [9.17, 15) is 13.2 Å². The summed E-state index contributed by atoms with van der Waals surface area (Å²) in [4.78, 5) is 12.8. The molecule has 0 aliphatic carbocycles. The SMILES string of the molecule is Cc1ccc(Cl)cc1NC(=O)CN(CCc1ccccc1)S(=O)(=O)c1ccc(Cl)cc1. The van der Waals surface area contributed by atoms with E-state index in [2.05, 4.69) is 5.32 Å². The number of halogens is 2. The Bertz CT molecular complexity index is 1150. The van der Waals surface area contributed by atoms with Crippen molar-refractivity contribution in [1.29, 1.82) is 0 Å². The zero-order valence-corrected chi connectivity index (χ0v) is 19.2. The average Bonchev–Trinajstić information content (AvgIpc) is 2.74. The van der Waals surface area contributed by atoms with Crippen molar-refractivity contribution in [3.8, 4) is 0 Å². The van der Waals surface area contributed by atoms with Crippen molar-refractivity contribution >= 4 is 44.8 Å². The van der Waals surface area contributed by atoms with Crippen molar-refractivity contribution in [1.82, 2.24) is 4.31 Å². The number of hydrogen-bond acceptors (Lipinski definition) is 3. The van der Waals surface area contributed by atoms with Crippen LogP contribution in [0.25, 0.3) is 0 Å². The molecule has 3 aromatic rings. The van der Waals surface area contributed by atoms with Crippen molar-refractivity contribution in [2.75, 3.05) is 18.4 Å². The van der Waals surface area contributed by atoms with E-state index >= 15 is 0 Å². The number of hydrogen-bond donors (Lipinski definition) is 1. The van der Waals surface area contributed by atoms with Crippen molar-refractivity contribution in [2.45, 2.75) is 18.2 Å². The van der Waals surface area contributed by atoms with Gasteiger partial charge in [-0.2, -0.15) is 4.31 Å². The number of carbonyl (C=O) groups is 1. The summed E-state index contributed by atoms with van der Waals surface area (Å²) in [6.07, 6.45) is 0.469. The topological polar surface area (TPSA) is 66.5 Å². The second-order valence-corrected chi connectivity index (χ2v) is 9.85. The van der Waals surface area contributed by atoms with E-state index in [1.165, 1.54) is 28.6 Å². The number of sulfonamides is 1. The zero-order valence-electron chi connectivity index (χ0n) is 16.9. The third-order valence-corrected chi connectivity index (χ3v) is 7.08. The molecule has 5 nitrogen and oxygen atoms in total. The molecule has 31 heavy (non-hydrogen) atoms. The van der Waals surface area contributed by atoms with E-state index in [1.54, 1.807) is 18.2 Å². The van der Waals surface area contributed by atoms with Crippen LogP contribution in [0.1, 0.15) is 11.1 Å². The molecule has 0 unspecified atom stereocenters. The molecule has 162 valence electrons. The number of nitrogens with one attached hydrogen (secondary N) is 1. The van der Waals surface area contributed by atoms with E-state index in [0.717, 1.165) is 11.1 Å². The lowest BCUT2D eigenvalue weighted by Crippen LogP contribution is -2.39. The predicted octanol–water partition coefficient (Wildman–Crippen LogP) is 5.17. The highest BCUT2D eigenvalue weighted by atomic mass is 35.5. The molecular formula is C23H22Cl2N2O3S. The van der Waals surface area contributed by atoms with Crippen LogP contribution in [0, 0.1) is 6.92 Å². The van der Waals surface area contributed by atoms with Gasteiger partial charge in [0.1, 0.15) is 0 Å². The van der Waals surface area contributed by atoms with E-state index in [1.807, 2.05) is 37.3 Å². The second-order valence-electron chi connectivity index (χ2n) is 7.04. The van der Waals surface area contributed by atoms with Gasteiger partial charge in [-0.3, -0.25) is 4.79 Å². The summed E-state index contributed by atoms with van der Waals surface area (Å²) in [6, 6.07) is 20.6. The molecule has 0 fully saturated rings. The summed E-state index contributed by atoms with van der Waals surface area (Å²) < 4.78 is 27.7. The third-order valence-electron chi connectivity index (χ3n) is 4.74. The van der Waals surface area contributed by atoms with Crippen LogP contribution in [0.2, 0.25) is 10.0 Å². The second kappa shape index (κ2) is 10.3. The van der Waals surface area contributed by atoms with E-state index in [-0.39, 0.29) is 18.0 Å². The molecule has 0 spiro atoms. The van der Waals surface area contributed by atoms with Crippen molar-refractivity contribution in [2.24, 2.45) is 0 Å². The normalized spacial score (nSPS) is 11.5. The number of aryl methyl sites for hydroxylation is 1. The number of amides is 1. The monoisotopic (exact) mass is 476 g/mol. The summed E-state index contributed by atoms with van der Waals surface area (Å²) in [5.41, 5.74) is 2.35. The summed E-state index contributed by atoms with van der Waals surface area (Å²) in [5, 5.41) is 3.68. The first-order valence-electron chi connectivity index (χ1n) is 9.61. The van der Waals surface area contributed by atoms with Gasteiger partial charge in [0.25, 0.3) is 0 Å². The number of carbonyl (C=O) groups excluding carboxylic acids is 1. The highest BCUT2D eigenvalue weighted by Crippen LogP contribution is 2.22. The molecule has 0 aromatic heterocycles. The quantitative estimate of drug-likeness (QED) is 0.487. The van der Waals surface area contributed by atoms with E-state index < -0.39 is 15.9 Å². The van der Waals surface area contributed by atoms with Crippen LogP contribution >= 0.6 is 23.2 Å². The van der Waals surface area contributed by atoms with Crippen LogP contribution in [0.5, 0.6) is 0 Å². The van der Waals surface area contributed by atoms with Gasteiger partial charge in [-0.15, -0.1) is 0 Å². The molecule has 3 aromatic carbocycles. The molecule has 0 saturated carbocycles. The fraction of sp³-hybridized carbons (Fsp3) is 0.174. The maximum Gasteiger partial charge on any atom is 0.243 e. The number of rotatable bonds is 8. The van der Waals surface area contributed by atoms with Gasteiger partial charge in [0.2, 0.25) is 15.9 Å². The Kier molecular flexibility index (Phi) is 7.73. The molecule has 0 radical (unpaired) electrons. The Labute approximate surface area is 192 Å². The van der Waals surface area contributed by atoms with Crippen LogP contribution < -0.4 is 5.32 Å². The van der Waals surface area contributed by atoms with Gasteiger partial charge in [0.05, 0.1) is 11.4 Å². The highest BCUT2D eigenvalue weighted by Gasteiger charge is 2.26. The molecule has 3 rings (SSSR count). The molecule has 8 heteroatoms. The molecule has 0 heterocycles. The van der Waals surface area contributed by atoms with Gasteiger partial charge < -0.3 is 5.32 Å². The van der Waals surface area contributed by atoms with E-state index in [0.29, 0.717) is 22.2 Å². The molecule has 0 aliphatic rings. The smallest absolute Gasteiger partial charge is 0.243 e. The minimum absolute atomic E-state index is 0.0803. The molecule has 1 amide bonds. The first-order valence-corrected chi connectivity index (χ1v) is 11.8. The predicted molar refractivity (Wildman–Crippen MR) is 125 cm³/mol. The summed E-state index contributed by atoms with van der Waals surface area (Å²) >= 11 is 11.9. The Hall–Kier alpha value is -2.38. The minimum atomic E-state index is -3.91. The Morgan fingerprint density at radius 3 is 2.26 bits per heavy atom. The maximum atomic E-state index is 13.3. The molecular weight excluding hydrogens is 455 g/mol. The minimum Gasteiger partial charge on any atom is -0.325 e. The van der Waals surface area contributed by atoms with Gasteiger partial charge in [-0.1, -0.05) is 59.6 Å². The van der Waals surface area contributed by atoms with Crippen LogP contribution in [-0.4, -0.2) is 31.7 Å². The summed E-state index contributed by atoms with van der Waals surface area (Å²) in [5.74, 6) is -0.448. The molecule has 0 bridgehead atoms. The van der Waals surface area contributed by atoms with Crippen LogP contribution in [0.4, 0.5) is 5.69 Å².